The van der Waals surface area contributed by atoms with Gasteiger partial charge in [0, 0.05) is 24.7 Å². The fourth-order valence-corrected chi connectivity index (χ4v) is 3.74. The van der Waals surface area contributed by atoms with E-state index < -0.39 is 0 Å². The van der Waals surface area contributed by atoms with Gasteiger partial charge >= 0.3 is 0 Å². The van der Waals surface area contributed by atoms with Crippen LogP contribution in [0, 0.1) is 0 Å². The van der Waals surface area contributed by atoms with Crippen LogP contribution in [0.1, 0.15) is 44.9 Å². The highest BCUT2D eigenvalue weighted by molar-refractivity contribution is 5.72. The minimum absolute atomic E-state index is 0.532. The third-order valence-electron chi connectivity index (χ3n) is 5.13. The molecule has 24 heavy (non-hydrogen) atoms. The first kappa shape index (κ1) is 17.2. The van der Waals surface area contributed by atoms with E-state index in [4.69, 9.17) is 15.2 Å². The maximum Gasteiger partial charge on any atom is 0.163 e. The topological polar surface area (TPSA) is 59.8 Å². The molecule has 1 aromatic rings. The molecule has 134 valence electrons. The van der Waals surface area contributed by atoms with Crippen molar-refractivity contribution in [3.05, 3.63) is 12.1 Å². The molecule has 1 heterocycles. The highest BCUT2D eigenvalue weighted by atomic mass is 16.5. The molecule has 3 N–H and O–H groups in total. The lowest BCUT2D eigenvalue weighted by Gasteiger charge is -2.19. The molecule has 0 radical (unpaired) electrons. The molecule has 1 aliphatic heterocycles. The van der Waals surface area contributed by atoms with Gasteiger partial charge in [-0.3, -0.25) is 0 Å². The Balaban J connectivity index is 1.54. The first-order valence-electron chi connectivity index (χ1n) is 9.35. The zero-order chi connectivity index (χ0) is 16.8. The Labute approximate surface area is 145 Å². The van der Waals surface area contributed by atoms with E-state index in [1.807, 2.05) is 12.1 Å². The molecular formula is C19H31N3O2. The summed E-state index contributed by atoms with van der Waals surface area (Å²) in [5, 5.41) is 3.55. The third kappa shape index (κ3) is 4.47. The molecule has 1 saturated carbocycles. The Morgan fingerprint density at radius 3 is 2.58 bits per heavy atom. The molecule has 0 atom stereocenters. The lowest BCUT2D eigenvalue weighted by Crippen LogP contribution is -2.22. The fraction of sp³-hybridized carbons (Fsp3) is 0.684. The van der Waals surface area contributed by atoms with Crippen molar-refractivity contribution in [3.63, 3.8) is 0 Å². The number of benzene rings is 1. The number of rotatable bonds is 8. The Hall–Kier alpha value is -1.62. The summed E-state index contributed by atoms with van der Waals surface area (Å²) in [6.07, 6.45) is 8.74. The van der Waals surface area contributed by atoms with E-state index in [1.54, 1.807) is 7.11 Å². The highest BCUT2D eigenvalue weighted by Crippen LogP contribution is 2.36. The van der Waals surface area contributed by atoms with Crippen molar-refractivity contribution in [2.45, 2.75) is 51.0 Å². The summed E-state index contributed by atoms with van der Waals surface area (Å²) in [5.41, 5.74) is 7.92. The van der Waals surface area contributed by atoms with Gasteiger partial charge in [0.15, 0.2) is 11.5 Å². The number of nitrogens with one attached hydrogen (secondary N) is 1. The van der Waals surface area contributed by atoms with Gasteiger partial charge in [0.2, 0.25) is 0 Å². The van der Waals surface area contributed by atoms with Gasteiger partial charge in [0.1, 0.15) is 0 Å². The summed E-state index contributed by atoms with van der Waals surface area (Å²) in [7, 11) is 1.68. The molecule has 5 heteroatoms. The van der Waals surface area contributed by atoms with E-state index in [9.17, 15) is 0 Å². The van der Waals surface area contributed by atoms with Crippen molar-refractivity contribution in [1.82, 2.24) is 4.90 Å². The number of nitrogens with two attached hydrogens (primary N) is 1. The van der Waals surface area contributed by atoms with Crippen LogP contribution < -0.4 is 20.5 Å². The van der Waals surface area contributed by atoms with Crippen LogP contribution in [0.25, 0.3) is 0 Å². The quantitative estimate of drug-likeness (QED) is 0.563. The predicted octanol–water partition coefficient (Wildman–Crippen LogP) is 3.50. The van der Waals surface area contributed by atoms with E-state index >= 15 is 0 Å². The molecule has 0 unspecified atom stereocenters. The van der Waals surface area contributed by atoms with Crippen LogP contribution in [-0.4, -0.2) is 44.3 Å². The molecule has 0 spiro atoms. The number of hydrogen-bond donors (Lipinski definition) is 2. The largest absolute Gasteiger partial charge is 0.493 e. The van der Waals surface area contributed by atoms with Crippen LogP contribution in [0.5, 0.6) is 11.5 Å². The number of ether oxygens (including phenoxy) is 2. The molecule has 1 aliphatic carbocycles. The summed E-state index contributed by atoms with van der Waals surface area (Å²) < 4.78 is 11.4. The first-order valence-corrected chi connectivity index (χ1v) is 9.35. The Morgan fingerprint density at radius 1 is 1.12 bits per heavy atom. The van der Waals surface area contributed by atoms with Crippen LogP contribution in [0.3, 0.4) is 0 Å². The lowest BCUT2D eigenvalue weighted by atomic mass is 10.2. The summed E-state index contributed by atoms with van der Waals surface area (Å²) in [6.45, 7) is 4.27. The van der Waals surface area contributed by atoms with Crippen LogP contribution >= 0.6 is 0 Å². The van der Waals surface area contributed by atoms with Crippen LogP contribution in [0.15, 0.2) is 12.1 Å². The van der Waals surface area contributed by atoms with Gasteiger partial charge in [-0.15, -0.1) is 0 Å². The van der Waals surface area contributed by atoms with E-state index in [0.29, 0.717) is 12.6 Å². The highest BCUT2D eigenvalue weighted by Gasteiger charge is 2.17. The molecule has 2 fully saturated rings. The van der Waals surface area contributed by atoms with Gasteiger partial charge in [-0.25, -0.2) is 0 Å². The average Bonchev–Trinajstić information content (AvgIpc) is 3.27. The Bertz CT molecular complexity index is 524. The number of hydrogen-bond acceptors (Lipinski definition) is 5. The number of anilines is 2. The monoisotopic (exact) mass is 333 g/mol. The average molecular weight is 333 g/mol. The number of nitrogen functional groups attached to an aromatic ring is 1. The van der Waals surface area contributed by atoms with E-state index in [-0.39, 0.29) is 0 Å². The van der Waals surface area contributed by atoms with E-state index in [1.165, 1.54) is 51.6 Å². The maximum absolute atomic E-state index is 6.22. The minimum Gasteiger partial charge on any atom is -0.493 e. The normalized spacial score (nSPS) is 18.9. The van der Waals surface area contributed by atoms with Crippen LogP contribution in [0.4, 0.5) is 11.4 Å². The lowest BCUT2D eigenvalue weighted by molar-refractivity contribution is 0.254. The van der Waals surface area contributed by atoms with Gasteiger partial charge in [-0.1, -0.05) is 12.8 Å². The second-order valence-electron chi connectivity index (χ2n) is 6.97. The fourth-order valence-electron chi connectivity index (χ4n) is 3.74. The summed E-state index contributed by atoms with van der Waals surface area (Å²) in [6, 6.07) is 4.40. The number of likely N-dealkylation sites (tertiary alicyclic amines) is 1. The van der Waals surface area contributed by atoms with Gasteiger partial charge in [0.05, 0.1) is 25.1 Å². The van der Waals surface area contributed by atoms with Crippen LogP contribution in [-0.2, 0) is 0 Å². The predicted molar refractivity (Wildman–Crippen MR) is 99.1 cm³/mol. The van der Waals surface area contributed by atoms with Crippen molar-refractivity contribution in [2.75, 3.05) is 44.4 Å². The molecule has 5 nitrogen and oxygen atoms in total. The third-order valence-corrected chi connectivity index (χ3v) is 5.13. The molecule has 1 aromatic carbocycles. The van der Waals surface area contributed by atoms with E-state index in [0.717, 1.165) is 35.8 Å². The molecule has 0 amide bonds. The molecule has 2 aliphatic rings. The van der Waals surface area contributed by atoms with Gasteiger partial charge in [-0.05, 0) is 45.2 Å². The number of nitrogens with zero attached hydrogens (tertiary/aromatic N) is 1. The van der Waals surface area contributed by atoms with Crippen LogP contribution in [0.2, 0.25) is 0 Å². The standard InChI is InChI=1S/C19H31N3O2/c1-23-18-14-17(21-15-7-2-3-8-15)16(20)13-19(18)24-12-6-11-22-9-4-5-10-22/h13-15,21H,2-12,20H2,1H3. The van der Waals surface area contributed by atoms with Gasteiger partial charge in [-0.2, -0.15) is 0 Å². The van der Waals surface area contributed by atoms with Gasteiger partial charge < -0.3 is 25.4 Å². The van der Waals surface area contributed by atoms with Crippen molar-refractivity contribution >= 4 is 11.4 Å². The molecular weight excluding hydrogens is 302 g/mol. The first-order chi connectivity index (χ1) is 11.8. The van der Waals surface area contributed by atoms with Crippen molar-refractivity contribution in [1.29, 1.82) is 0 Å². The minimum atomic E-state index is 0.532. The summed E-state index contributed by atoms with van der Waals surface area (Å²) >= 11 is 0. The Morgan fingerprint density at radius 2 is 1.88 bits per heavy atom. The molecule has 0 bridgehead atoms. The van der Waals surface area contributed by atoms with Crippen molar-refractivity contribution in [3.8, 4) is 11.5 Å². The smallest absolute Gasteiger partial charge is 0.163 e. The molecule has 1 saturated heterocycles. The second-order valence-corrected chi connectivity index (χ2v) is 6.97. The number of methoxy groups -OCH3 is 1. The Kier molecular flexibility index (Phi) is 6.07. The zero-order valence-electron chi connectivity index (χ0n) is 14.9. The molecule has 0 aromatic heterocycles. The van der Waals surface area contributed by atoms with E-state index in [2.05, 4.69) is 10.2 Å². The summed E-state index contributed by atoms with van der Waals surface area (Å²) in [4.78, 5) is 2.50. The maximum atomic E-state index is 6.22. The molecule has 3 rings (SSSR count). The van der Waals surface area contributed by atoms with Crippen molar-refractivity contribution in [2.24, 2.45) is 0 Å². The SMILES string of the molecule is COc1cc(NC2CCCC2)c(N)cc1OCCCN1CCCC1. The zero-order valence-corrected chi connectivity index (χ0v) is 14.9. The van der Waals surface area contributed by atoms with Crippen molar-refractivity contribution < 1.29 is 9.47 Å². The van der Waals surface area contributed by atoms with Gasteiger partial charge in [0.25, 0.3) is 0 Å². The second kappa shape index (κ2) is 8.47. The summed E-state index contributed by atoms with van der Waals surface area (Å²) in [5.74, 6) is 1.50.